The summed E-state index contributed by atoms with van der Waals surface area (Å²) in [4.78, 5) is 11.6. The van der Waals surface area contributed by atoms with Crippen molar-refractivity contribution in [2.75, 3.05) is 0 Å². The SMILES string of the molecule is CCC1(NC(=O)c2nn[nH]n2)CCC1. The number of amides is 1. The average Bonchev–Trinajstić information content (AvgIpc) is 2.63. The van der Waals surface area contributed by atoms with E-state index in [0.29, 0.717) is 0 Å². The number of hydrogen-bond acceptors (Lipinski definition) is 4. The van der Waals surface area contributed by atoms with Gasteiger partial charge in [0, 0.05) is 5.54 Å². The van der Waals surface area contributed by atoms with Gasteiger partial charge in [-0.1, -0.05) is 6.92 Å². The first kappa shape index (κ1) is 9.11. The minimum Gasteiger partial charge on any atom is -0.344 e. The Balaban J connectivity index is 2.01. The molecule has 1 fully saturated rings. The Kier molecular flexibility index (Phi) is 2.18. The first-order valence-corrected chi connectivity index (χ1v) is 4.82. The molecule has 1 heterocycles. The molecule has 6 heteroatoms. The molecule has 0 aromatic carbocycles. The molecule has 1 saturated carbocycles. The van der Waals surface area contributed by atoms with Gasteiger partial charge in [-0.2, -0.15) is 5.21 Å². The number of aromatic amines is 1. The van der Waals surface area contributed by atoms with Crippen LogP contribution in [-0.2, 0) is 0 Å². The van der Waals surface area contributed by atoms with Crippen LogP contribution in [0.2, 0.25) is 0 Å². The number of aromatic nitrogens is 4. The zero-order valence-corrected chi connectivity index (χ0v) is 8.08. The number of H-pyrrole nitrogens is 1. The second-order valence-corrected chi connectivity index (χ2v) is 3.68. The van der Waals surface area contributed by atoms with Gasteiger partial charge in [0.15, 0.2) is 0 Å². The maximum atomic E-state index is 11.6. The number of carbonyl (C=O) groups excluding carboxylic acids is 1. The maximum absolute atomic E-state index is 11.6. The number of carbonyl (C=O) groups is 1. The number of nitrogens with zero attached hydrogens (tertiary/aromatic N) is 3. The van der Waals surface area contributed by atoms with E-state index in [9.17, 15) is 4.79 Å². The Hall–Kier alpha value is -1.46. The van der Waals surface area contributed by atoms with Crippen molar-refractivity contribution in [3.8, 4) is 0 Å². The van der Waals surface area contributed by atoms with Crippen molar-refractivity contribution < 1.29 is 4.79 Å². The van der Waals surface area contributed by atoms with E-state index < -0.39 is 0 Å². The van der Waals surface area contributed by atoms with Gasteiger partial charge in [0.1, 0.15) is 0 Å². The molecule has 1 aromatic rings. The minimum absolute atomic E-state index is 0.0162. The van der Waals surface area contributed by atoms with Crippen LogP contribution in [0.4, 0.5) is 0 Å². The quantitative estimate of drug-likeness (QED) is 0.724. The van der Waals surface area contributed by atoms with E-state index in [1.165, 1.54) is 6.42 Å². The summed E-state index contributed by atoms with van der Waals surface area (Å²) < 4.78 is 0. The number of nitrogens with one attached hydrogen (secondary N) is 2. The van der Waals surface area contributed by atoms with Crippen LogP contribution < -0.4 is 5.32 Å². The highest BCUT2D eigenvalue weighted by Crippen LogP contribution is 2.34. The van der Waals surface area contributed by atoms with E-state index in [-0.39, 0.29) is 17.3 Å². The lowest BCUT2D eigenvalue weighted by Gasteiger charge is -2.41. The molecule has 1 aliphatic carbocycles. The third-order valence-corrected chi connectivity index (χ3v) is 2.91. The topological polar surface area (TPSA) is 83.6 Å². The third kappa shape index (κ3) is 1.47. The highest BCUT2D eigenvalue weighted by Gasteiger charge is 2.37. The number of hydrogen-bond donors (Lipinski definition) is 2. The van der Waals surface area contributed by atoms with Gasteiger partial charge < -0.3 is 5.32 Å². The first-order chi connectivity index (χ1) is 6.76. The molecule has 1 amide bonds. The van der Waals surface area contributed by atoms with E-state index in [1.807, 2.05) is 0 Å². The predicted octanol–water partition coefficient (Wildman–Crippen LogP) is 0.262. The fourth-order valence-corrected chi connectivity index (χ4v) is 1.73. The molecule has 2 N–H and O–H groups in total. The molecule has 0 aliphatic heterocycles. The summed E-state index contributed by atoms with van der Waals surface area (Å²) in [6.07, 6.45) is 4.23. The van der Waals surface area contributed by atoms with Crippen molar-refractivity contribution in [3.05, 3.63) is 5.82 Å². The van der Waals surface area contributed by atoms with Crippen molar-refractivity contribution in [1.82, 2.24) is 25.9 Å². The monoisotopic (exact) mass is 195 g/mol. The highest BCUT2D eigenvalue weighted by atomic mass is 16.2. The lowest BCUT2D eigenvalue weighted by Crippen LogP contribution is -2.53. The maximum Gasteiger partial charge on any atom is 0.293 e. The summed E-state index contributed by atoms with van der Waals surface area (Å²) in [5.41, 5.74) is -0.0162. The Labute approximate surface area is 81.5 Å². The van der Waals surface area contributed by atoms with Crippen molar-refractivity contribution in [2.24, 2.45) is 0 Å². The summed E-state index contributed by atoms with van der Waals surface area (Å²) in [5.74, 6) is -0.120. The number of rotatable bonds is 3. The highest BCUT2D eigenvalue weighted by molar-refractivity contribution is 5.90. The molecule has 0 saturated heterocycles. The molecule has 0 radical (unpaired) electrons. The van der Waals surface area contributed by atoms with Gasteiger partial charge in [0.05, 0.1) is 0 Å². The molecule has 0 spiro atoms. The molecule has 2 rings (SSSR count). The zero-order valence-electron chi connectivity index (χ0n) is 8.08. The van der Waals surface area contributed by atoms with Crippen molar-refractivity contribution in [3.63, 3.8) is 0 Å². The minimum atomic E-state index is -0.236. The van der Waals surface area contributed by atoms with Crippen LogP contribution in [0.3, 0.4) is 0 Å². The normalized spacial score (nSPS) is 18.6. The smallest absolute Gasteiger partial charge is 0.293 e. The summed E-state index contributed by atoms with van der Waals surface area (Å²) in [6.45, 7) is 2.08. The molecule has 76 valence electrons. The van der Waals surface area contributed by atoms with E-state index in [1.54, 1.807) is 0 Å². The van der Waals surface area contributed by atoms with Crippen molar-refractivity contribution in [1.29, 1.82) is 0 Å². The van der Waals surface area contributed by atoms with Gasteiger partial charge in [-0.3, -0.25) is 4.79 Å². The average molecular weight is 195 g/mol. The van der Waals surface area contributed by atoms with Crippen LogP contribution in [-0.4, -0.2) is 32.1 Å². The van der Waals surface area contributed by atoms with Crippen LogP contribution >= 0.6 is 0 Å². The van der Waals surface area contributed by atoms with Crippen LogP contribution in [0.15, 0.2) is 0 Å². The van der Waals surface area contributed by atoms with E-state index in [0.717, 1.165) is 19.3 Å². The standard InChI is InChI=1S/C8H13N5O/c1-2-8(4-3-5-8)9-7(14)6-10-12-13-11-6/h2-5H2,1H3,(H,9,14)(H,10,11,12,13). The molecular weight excluding hydrogens is 182 g/mol. The lowest BCUT2D eigenvalue weighted by atomic mass is 9.75. The van der Waals surface area contributed by atoms with E-state index >= 15 is 0 Å². The Morgan fingerprint density at radius 3 is 2.86 bits per heavy atom. The van der Waals surface area contributed by atoms with Crippen molar-refractivity contribution >= 4 is 5.91 Å². The van der Waals surface area contributed by atoms with Gasteiger partial charge in [-0.15, -0.1) is 10.2 Å². The number of tetrazole rings is 1. The lowest BCUT2D eigenvalue weighted by molar-refractivity contribution is 0.0809. The third-order valence-electron chi connectivity index (χ3n) is 2.91. The van der Waals surface area contributed by atoms with Gasteiger partial charge >= 0.3 is 0 Å². The Bertz CT molecular complexity index is 311. The largest absolute Gasteiger partial charge is 0.344 e. The van der Waals surface area contributed by atoms with Crippen molar-refractivity contribution in [2.45, 2.75) is 38.1 Å². The molecule has 0 unspecified atom stereocenters. The van der Waals surface area contributed by atoms with Crippen LogP contribution in [0, 0.1) is 0 Å². The Morgan fingerprint density at radius 2 is 2.43 bits per heavy atom. The molecule has 14 heavy (non-hydrogen) atoms. The predicted molar refractivity (Wildman–Crippen MR) is 48.5 cm³/mol. The molecule has 0 bridgehead atoms. The summed E-state index contributed by atoms with van der Waals surface area (Å²) in [5, 5.41) is 15.8. The van der Waals surface area contributed by atoms with Crippen LogP contribution in [0.1, 0.15) is 43.2 Å². The second-order valence-electron chi connectivity index (χ2n) is 3.68. The Morgan fingerprint density at radius 1 is 1.64 bits per heavy atom. The summed E-state index contributed by atoms with van der Waals surface area (Å²) >= 11 is 0. The fourth-order valence-electron chi connectivity index (χ4n) is 1.73. The van der Waals surface area contributed by atoms with Crippen LogP contribution in [0.25, 0.3) is 0 Å². The molecule has 1 aromatic heterocycles. The fraction of sp³-hybridized carbons (Fsp3) is 0.750. The first-order valence-electron chi connectivity index (χ1n) is 4.82. The van der Waals surface area contributed by atoms with Gasteiger partial charge in [-0.05, 0) is 30.9 Å². The van der Waals surface area contributed by atoms with E-state index in [4.69, 9.17) is 0 Å². The molecular formula is C8H13N5O. The van der Waals surface area contributed by atoms with E-state index in [2.05, 4.69) is 32.9 Å². The van der Waals surface area contributed by atoms with Gasteiger partial charge in [-0.25, -0.2) is 0 Å². The summed E-state index contributed by atoms with van der Waals surface area (Å²) in [7, 11) is 0. The molecule has 1 aliphatic rings. The molecule has 0 atom stereocenters. The van der Waals surface area contributed by atoms with Crippen LogP contribution in [0.5, 0.6) is 0 Å². The zero-order chi connectivity index (χ0) is 10.0. The molecule has 6 nitrogen and oxygen atoms in total. The van der Waals surface area contributed by atoms with Gasteiger partial charge in [0.2, 0.25) is 0 Å². The summed E-state index contributed by atoms with van der Waals surface area (Å²) in [6, 6.07) is 0. The van der Waals surface area contributed by atoms with Gasteiger partial charge in [0.25, 0.3) is 11.7 Å². The second kappa shape index (κ2) is 3.36.